The minimum absolute atomic E-state index is 0.00972. The van der Waals surface area contributed by atoms with Crippen molar-refractivity contribution in [2.45, 2.75) is 26.6 Å². The van der Waals surface area contributed by atoms with Crippen molar-refractivity contribution in [3.05, 3.63) is 59.2 Å². The van der Waals surface area contributed by atoms with Crippen molar-refractivity contribution < 1.29 is 23.0 Å². The molecule has 0 saturated carbocycles. The Morgan fingerprint density at radius 1 is 1.09 bits per heavy atom. The van der Waals surface area contributed by atoms with E-state index in [1.807, 2.05) is 22.9 Å². The van der Waals surface area contributed by atoms with E-state index in [-0.39, 0.29) is 24.0 Å². The molecule has 0 N–H and O–H groups in total. The highest BCUT2D eigenvalue weighted by atomic mass is 19.3. The Balaban J connectivity index is 1.48. The fourth-order valence-corrected chi connectivity index (χ4v) is 3.89. The SMILES string of the molecule is COc1ccc(CN(C)CC(=O)N2CCN(Cc3ccccc3C)CC2)cc1OC(F)F. The maximum Gasteiger partial charge on any atom is 0.387 e. The molecule has 8 heteroatoms. The van der Waals surface area contributed by atoms with Gasteiger partial charge in [-0.3, -0.25) is 14.6 Å². The molecule has 0 atom stereocenters. The number of carbonyl (C=O) groups excluding carboxylic acids is 1. The lowest BCUT2D eigenvalue weighted by molar-refractivity contribution is -0.134. The highest BCUT2D eigenvalue weighted by Gasteiger charge is 2.22. The first-order chi connectivity index (χ1) is 15.4. The van der Waals surface area contributed by atoms with E-state index in [2.05, 4.69) is 34.8 Å². The Hall–Kier alpha value is -2.71. The Bertz CT molecular complexity index is 902. The molecule has 1 heterocycles. The van der Waals surface area contributed by atoms with E-state index in [1.54, 1.807) is 12.1 Å². The zero-order chi connectivity index (χ0) is 23.1. The van der Waals surface area contributed by atoms with Crippen LogP contribution in [0.5, 0.6) is 11.5 Å². The number of rotatable bonds is 9. The molecule has 1 saturated heterocycles. The summed E-state index contributed by atoms with van der Waals surface area (Å²) in [6.07, 6.45) is 0. The number of aryl methyl sites for hydroxylation is 1. The zero-order valence-electron chi connectivity index (χ0n) is 18.9. The van der Waals surface area contributed by atoms with E-state index in [0.717, 1.165) is 25.2 Å². The molecule has 3 rings (SSSR count). The Morgan fingerprint density at radius 3 is 2.47 bits per heavy atom. The molecule has 2 aromatic rings. The predicted octanol–water partition coefficient (Wildman–Crippen LogP) is 3.38. The van der Waals surface area contributed by atoms with Gasteiger partial charge < -0.3 is 14.4 Å². The van der Waals surface area contributed by atoms with Crippen LogP contribution in [0, 0.1) is 6.92 Å². The van der Waals surface area contributed by atoms with Crippen LogP contribution in [0.2, 0.25) is 0 Å². The molecule has 0 aliphatic carbocycles. The van der Waals surface area contributed by atoms with Crippen LogP contribution in [-0.2, 0) is 17.9 Å². The fourth-order valence-electron chi connectivity index (χ4n) is 3.89. The van der Waals surface area contributed by atoms with E-state index in [1.165, 1.54) is 24.3 Å². The quantitative estimate of drug-likeness (QED) is 0.590. The molecule has 0 spiro atoms. The molecular formula is C24H31F2N3O3. The first kappa shape index (κ1) is 23.9. The highest BCUT2D eigenvalue weighted by Crippen LogP contribution is 2.29. The predicted molar refractivity (Wildman–Crippen MR) is 119 cm³/mol. The van der Waals surface area contributed by atoms with Crippen molar-refractivity contribution in [3.8, 4) is 11.5 Å². The molecule has 1 aliphatic rings. The van der Waals surface area contributed by atoms with E-state index < -0.39 is 6.61 Å². The van der Waals surface area contributed by atoms with Crippen LogP contribution in [0.15, 0.2) is 42.5 Å². The van der Waals surface area contributed by atoms with Crippen molar-refractivity contribution in [2.75, 3.05) is 46.9 Å². The lowest BCUT2D eigenvalue weighted by atomic mass is 10.1. The van der Waals surface area contributed by atoms with Crippen molar-refractivity contribution in [1.29, 1.82) is 0 Å². The second kappa shape index (κ2) is 11.2. The first-order valence-corrected chi connectivity index (χ1v) is 10.7. The maximum atomic E-state index is 12.8. The smallest absolute Gasteiger partial charge is 0.387 e. The Morgan fingerprint density at radius 2 is 1.81 bits per heavy atom. The molecule has 32 heavy (non-hydrogen) atoms. The third-order valence-electron chi connectivity index (χ3n) is 5.68. The molecular weight excluding hydrogens is 416 g/mol. The molecule has 174 valence electrons. The van der Waals surface area contributed by atoms with Gasteiger partial charge in [-0.15, -0.1) is 0 Å². The molecule has 0 aromatic heterocycles. The van der Waals surface area contributed by atoms with Crippen LogP contribution in [0.3, 0.4) is 0 Å². The number of methoxy groups -OCH3 is 1. The number of benzene rings is 2. The molecule has 0 radical (unpaired) electrons. The number of ether oxygens (including phenoxy) is 2. The molecule has 1 amide bonds. The monoisotopic (exact) mass is 447 g/mol. The first-order valence-electron chi connectivity index (χ1n) is 10.7. The summed E-state index contributed by atoms with van der Waals surface area (Å²) in [6, 6.07) is 13.3. The van der Waals surface area contributed by atoms with Crippen LogP contribution in [-0.4, -0.2) is 74.1 Å². The largest absolute Gasteiger partial charge is 0.493 e. The summed E-state index contributed by atoms with van der Waals surface area (Å²) in [5.74, 6) is 0.307. The van der Waals surface area contributed by atoms with Gasteiger partial charge in [-0.05, 0) is 42.8 Å². The van der Waals surface area contributed by atoms with Crippen molar-refractivity contribution in [2.24, 2.45) is 0 Å². The minimum Gasteiger partial charge on any atom is -0.493 e. The molecule has 1 aliphatic heterocycles. The number of hydrogen-bond acceptors (Lipinski definition) is 5. The van der Waals surface area contributed by atoms with Gasteiger partial charge in [-0.2, -0.15) is 8.78 Å². The Kier molecular flexibility index (Phi) is 8.41. The summed E-state index contributed by atoms with van der Waals surface area (Å²) >= 11 is 0. The summed E-state index contributed by atoms with van der Waals surface area (Å²) in [4.78, 5) is 18.9. The number of likely N-dealkylation sites (N-methyl/N-ethyl adjacent to an activating group) is 1. The number of piperazine rings is 1. The summed E-state index contributed by atoms with van der Waals surface area (Å²) in [5.41, 5.74) is 3.37. The fraction of sp³-hybridized carbons (Fsp3) is 0.458. The van der Waals surface area contributed by atoms with Gasteiger partial charge in [0.1, 0.15) is 0 Å². The molecule has 6 nitrogen and oxygen atoms in total. The standard InChI is InChI=1S/C24H31F2N3O3/c1-18-6-4-5-7-20(18)16-28-10-12-29(13-11-28)23(30)17-27(2)15-19-8-9-21(31-3)22(14-19)32-24(25)26/h4-9,14,24H,10-13,15-17H2,1-3H3. The van der Waals surface area contributed by atoms with Gasteiger partial charge in [0.25, 0.3) is 0 Å². The summed E-state index contributed by atoms with van der Waals surface area (Å²) < 4.78 is 34.9. The van der Waals surface area contributed by atoms with Gasteiger partial charge in [0.05, 0.1) is 13.7 Å². The van der Waals surface area contributed by atoms with E-state index in [0.29, 0.717) is 19.6 Å². The van der Waals surface area contributed by atoms with Crippen molar-refractivity contribution in [1.82, 2.24) is 14.7 Å². The van der Waals surface area contributed by atoms with Crippen LogP contribution in [0.1, 0.15) is 16.7 Å². The third kappa shape index (κ3) is 6.64. The van der Waals surface area contributed by atoms with Crippen molar-refractivity contribution in [3.63, 3.8) is 0 Å². The third-order valence-corrected chi connectivity index (χ3v) is 5.68. The van der Waals surface area contributed by atoms with Gasteiger partial charge in [-0.1, -0.05) is 30.3 Å². The number of carbonyl (C=O) groups is 1. The summed E-state index contributed by atoms with van der Waals surface area (Å²) in [5, 5.41) is 0. The van der Waals surface area contributed by atoms with Crippen LogP contribution in [0.25, 0.3) is 0 Å². The van der Waals surface area contributed by atoms with Gasteiger partial charge in [0, 0.05) is 39.3 Å². The van der Waals surface area contributed by atoms with Crippen LogP contribution < -0.4 is 9.47 Å². The second-order valence-electron chi connectivity index (χ2n) is 8.12. The van der Waals surface area contributed by atoms with Crippen molar-refractivity contribution >= 4 is 5.91 Å². The average molecular weight is 448 g/mol. The second-order valence-corrected chi connectivity index (χ2v) is 8.12. The lowest BCUT2D eigenvalue weighted by Crippen LogP contribution is -2.50. The summed E-state index contributed by atoms with van der Waals surface area (Å²) in [7, 11) is 3.24. The Labute approximate surface area is 188 Å². The molecule has 0 unspecified atom stereocenters. The molecule has 2 aromatic carbocycles. The highest BCUT2D eigenvalue weighted by molar-refractivity contribution is 5.78. The van der Waals surface area contributed by atoms with Gasteiger partial charge in [0.15, 0.2) is 11.5 Å². The maximum absolute atomic E-state index is 12.8. The normalized spacial score (nSPS) is 14.8. The summed E-state index contributed by atoms with van der Waals surface area (Å²) in [6.45, 7) is 3.87. The van der Waals surface area contributed by atoms with E-state index in [4.69, 9.17) is 4.74 Å². The number of alkyl halides is 2. The number of hydrogen-bond donors (Lipinski definition) is 0. The zero-order valence-corrected chi connectivity index (χ0v) is 18.9. The van der Waals surface area contributed by atoms with Gasteiger partial charge in [-0.25, -0.2) is 0 Å². The topological polar surface area (TPSA) is 45.2 Å². The van der Waals surface area contributed by atoms with E-state index in [9.17, 15) is 13.6 Å². The minimum atomic E-state index is -2.93. The number of halogens is 2. The molecule has 1 fully saturated rings. The average Bonchev–Trinajstić information content (AvgIpc) is 2.75. The van der Waals surface area contributed by atoms with Crippen LogP contribution in [0.4, 0.5) is 8.78 Å². The molecule has 0 bridgehead atoms. The van der Waals surface area contributed by atoms with Gasteiger partial charge >= 0.3 is 6.61 Å². The number of amides is 1. The van der Waals surface area contributed by atoms with Gasteiger partial charge in [0.2, 0.25) is 5.91 Å². The lowest BCUT2D eigenvalue weighted by Gasteiger charge is -2.35. The van der Waals surface area contributed by atoms with Crippen LogP contribution >= 0.6 is 0 Å². The van der Waals surface area contributed by atoms with E-state index >= 15 is 0 Å². The number of nitrogens with zero attached hydrogens (tertiary/aromatic N) is 3.